The molecule has 1 saturated carbocycles. The van der Waals surface area contributed by atoms with Crippen LogP contribution in [-0.2, 0) is 11.3 Å². The van der Waals surface area contributed by atoms with Crippen LogP contribution in [0.25, 0.3) is 0 Å². The number of aromatic nitrogens is 1. The maximum absolute atomic E-state index is 13.1. The Labute approximate surface area is 210 Å². The molecule has 10 heteroatoms. The average Bonchev–Trinajstić information content (AvgIpc) is 2.81. The molecule has 10 nitrogen and oxygen atoms in total. The lowest BCUT2D eigenvalue weighted by Gasteiger charge is -2.58. The van der Waals surface area contributed by atoms with Crippen LogP contribution in [0.3, 0.4) is 0 Å². The summed E-state index contributed by atoms with van der Waals surface area (Å²) < 4.78 is 11.1. The summed E-state index contributed by atoms with van der Waals surface area (Å²) in [6.45, 7) is 7.78. The summed E-state index contributed by atoms with van der Waals surface area (Å²) in [5, 5.41) is 11.6. The van der Waals surface area contributed by atoms with Crippen molar-refractivity contribution in [2.45, 2.75) is 51.4 Å². The van der Waals surface area contributed by atoms with Crippen LogP contribution in [0.1, 0.15) is 32.3 Å². The Kier molecular flexibility index (Phi) is 6.46. The van der Waals surface area contributed by atoms with Crippen molar-refractivity contribution < 1.29 is 19.2 Å². The standard InChI is InChI=1S/C26H33N5O5/c1-18-13-29(24-22(31(33)34)9-10-23(27-24)35-3)14-19(2)30(18)25(32)36-21-11-26(12-21)16-28(17-26)15-20-7-5-4-6-8-20/h4-10,18-19,21H,11-17H2,1-3H3/t18-,19+. The van der Waals surface area contributed by atoms with Gasteiger partial charge < -0.3 is 14.4 Å². The Bertz CT molecular complexity index is 1100. The lowest BCUT2D eigenvalue weighted by atomic mass is 9.61. The highest BCUT2D eigenvalue weighted by molar-refractivity contribution is 5.70. The van der Waals surface area contributed by atoms with E-state index in [4.69, 9.17) is 9.47 Å². The molecule has 1 aromatic heterocycles. The molecule has 3 fully saturated rings. The van der Waals surface area contributed by atoms with Gasteiger partial charge in [0.25, 0.3) is 0 Å². The lowest BCUT2D eigenvalue weighted by Crippen LogP contribution is -2.65. The van der Waals surface area contributed by atoms with E-state index in [2.05, 4.69) is 34.1 Å². The number of carbonyl (C=O) groups excluding carboxylic acids is 1. The van der Waals surface area contributed by atoms with Gasteiger partial charge in [0.15, 0.2) is 0 Å². The zero-order valence-corrected chi connectivity index (χ0v) is 21.0. The van der Waals surface area contributed by atoms with Crippen LogP contribution < -0.4 is 9.64 Å². The van der Waals surface area contributed by atoms with Crippen molar-refractivity contribution >= 4 is 17.6 Å². The number of rotatable bonds is 6. The first-order valence-corrected chi connectivity index (χ1v) is 12.5. The van der Waals surface area contributed by atoms with Gasteiger partial charge in [0.2, 0.25) is 11.7 Å². The smallest absolute Gasteiger partial charge is 0.410 e. The number of ether oxygens (including phenoxy) is 2. The highest BCUT2D eigenvalue weighted by Crippen LogP contribution is 2.50. The third kappa shape index (κ3) is 4.69. The van der Waals surface area contributed by atoms with Crippen LogP contribution in [0.5, 0.6) is 5.88 Å². The lowest BCUT2D eigenvalue weighted by molar-refractivity contribution is -0.384. The van der Waals surface area contributed by atoms with Crippen molar-refractivity contribution in [3.63, 3.8) is 0 Å². The van der Waals surface area contributed by atoms with Crippen molar-refractivity contribution in [3.05, 3.63) is 58.1 Å². The first-order chi connectivity index (χ1) is 17.3. The third-order valence-electron chi connectivity index (χ3n) is 7.62. The Morgan fingerprint density at radius 3 is 2.39 bits per heavy atom. The molecular formula is C26H33N5O5. The van der Waals surface area contributed by atoms with Gasteiger partial charge in [-0.2, -0.15) is 4.98 Å². The first-order valence-electron chi connectivity index (χ1n) is 12.5. The number of carbonyl (C=O) groups is 1. The number of likely N-dealkylation sites (tertiary alicyclic amines) is 1. The van der Waals surface area contributed by atoms with E-state index in [-0.39, 0.29) is 41.2 Å². The van der Waals surface area contributed by atoms with Gasteiger partial charge in [0.05, 0.1) is 24.1 Å². The number of hydrogen-bond donors (Lipinski definition) is 0. The molecule has 192 valence electrons. The molecule has 2 aromatic rings. The molecule has 5 rings (SSSR count). The van der Waals surface area contributed by atoms with Crippen LogP contribution in [0.15, 0.2) is 42.5 Å². The van der Waals surface area contributed by atoms with Gasteiger partial charge in [-0.15, -0.1) is 0 Å². The maximum atomic E-state index is 13.1. The molecule has 3 heterocycles. The minimum absolute atomic E-state index is 0.0463. The SMILES string of the molecule is COc1ccc([N+](=O)[O-])c(N2C[C@@H](C)N(C(=O)OC3CC4(C3)CN(Cc3ccccc3)C4)[C@@H](C)C2)n1. The number of amides is 1. The van der Waals surface area contributed by atoms with Gasteiger partial charge in [-0.05, 0) is 32.3 Å². The predicted molar refractivity (Wildman–Crippen MR) is 134 cm³/mol. The molecular weight excluding hydrogens is 462 g/mol. The average molecular weight is 496 g/mol. The monoisotopic (exact) mass is 495 g/mol. The highest BCUT2D eigenvalue weighted by atomic mass is 16.6. The van der Waals surface area contributed by atoms with Crippen molar-refractivity contribution in [2.24, 2.45) is 5.41 Å². The summed E-state index contributed by atoms with van der Waals surface area (Å²) >= 11 is 0. The second-order valence-corrected chi connectivity index (χ2v) is 10.5. The number of hydrogen-bond acceptors (Lipinski definition) is 8. The molecule has 0 radical (unpaired) electrons. The van der Waals surface area contributed by atoms with Gasteiger partial charge in [0, 0.05) is 50.3 Å². The van der Waals surface area contributed by atoms with Gasteiger partial charge in [0.1, 0.15) is 6.10 Å². The van der Waals surface area contributed by atoms with Crippen LogP contribution in [0.2, 0.25) is 0 Å². The third-order valence-corrected chi connectivity index (χ3v) is 7.62. The summed E-state index contributed by atoms with van der Waals surface area (Å²) in [5.74, 6) is 0.576. The summed E-state index contributed by atoms with van der Waals surface area (Å²) in [6, 6.07) is 13.0. The summed E-state index contributed by atoms with van der Waals surface area (Å²) in [7, 11) is 1.48. The van der Waals surface area contributed by atoms with Gasteiger partial charge in [-0.3, -0.25) is 19.9 Å². The molecule has 1 aliphatic carbocycles. The summed E-state index contributed by atoms with van der Waals surface area (Å²) in [4.78, 5) is 34.6. The quantitative estimate of drug-likeness (QED) is 0.442. The van der Waals surface area contributed by atoms with E-state index < -0.39 is 4.92 Å². The molecule has 2 aliphatic heterocycles. The molecule has 1 amide bonds. The number of methoxy groups -OCH3 is 1. The fourth-order valence-corrected chi connectivity index (χ4v) is 6.08. The predicted octanol–water partition coefficient (Wildman–Crippen LogP) is 3.70. The molecule has 0 bridgehead atoms. The molecule has 3 aliphatic rings. The van der Waals surface area contributed by atoms with E-state index >= 15 is 0 Å². The number of nitro groups is 1. The fraction of sp³-hybridized carbons (Fsp3) is 0.538. The number of anilines is 1. The van der Waals surface area contributed by atoms with Crippen molar-refractivity contribution in [1.82, 2.24) is 14.8 Å². The number of nitrogens with zero attached hydrogens (tertiary/aromatic N) is 5. The molecule has 2 saturated heterocycles. The van der Waals surface area contributed by atoms with Crippen molar-refractivity contribution in [1.29, 1.82) is 0 Å². The minimum atomic E-state index is -0.439. The zero-order valence-electron chi connectivity index (χ0n) is 21.0. The Morgan fingerprint density at radius 1 is 1.11 bits per heavy atom. The van der Waals surface area contributed by atoms with Crippen molar-refractivity contribution in [2.75, 3.05) is 38.2 Å². The fourth-order valence-electron chi connectivity index (χ4n) is 6.08. The minimum Gasteiger partial charge on any atom is -0.481 e. The normalized spacial score (nSPS) is 23.6. The van der Waals surface area contributed by atoms with Crippen LogP contribution >= 0.6 is 0 Å². The van der Waals surface area contributed by atoms with E-state index in [0.717, 1.165) is 32.5 Å². The second-order valence-electron chi connectivity index (χ2n) is 10.5. The molecule has 0 unspecified atom stereocenters. The second kappa shape index (κ2) is 9.57. The number of pyridine rings is 1. The van der Waals surface area contributed by atoms with Gasteiger partial charge >= 0.3 is 11.8 Å². The van der Waals surface area contributed by atoms with Gasteiger partial charge in [-0.1, -0.05) is 30.3 Å². The largest absolute Gasteiger partial charge is 0.481 e. The number of piperazine rings is 1. The van der Waals surface area contributed by atoms with Gasteiger partial charge in [-0.25, -0.2) is 4.79 Å². The molecule has 0 N–H and O–H groups in total. The van der Waals surface area contributed by atoms with Crippen LogP contribution in [-0.4, -0.2) is 77.3 Å². The van der Waals surface area contributed by atoms with E-state index in [1.54, 1.807) is 4.90 Å². The van der Waals surface area contributed by atoms with Crippen LogP contribution in [0, 0.1) is 15.5 Å². The van der Waals surface area contributed by atoms with E-state index in [9.17, 15) is 14.9 Å². The molecule has 1 aromatic carbocycles. The van der Waals surface area contributed by atoms with E-state index in [0.29, 0.717) is 19.0 Å². The summed E-state index contributed by atoms with van der Waals surface area (Å²) in [5.41, 5.74) is 1.53. The van der Waals surface area contributed by atoms with Crippen molar-refractivity contribution in [3.8, 4) is 5.88 Å². The summed E-state index contributed by atoms with van der Waals surface area (Å²) in [6.07, 6.45) is 1.47. The topological polar surface area (TPSA) is 101 Å². The molecule has 36 heavy (non-hydrogen) atoms. The zero-order chi connectivity index (χ0) is 25.4. The Morgan fingerprint density at radius 2 is 1.78 bits per heavy atom. The van der Waals surface area contributed by atoms with E-state index in [1.807, 2.05) is 24.8 Å². The Balaban J connectivity index is 1.14. The number of benzene rings is 1. The maximum Gasteiger partial charge on any atom is 0.410 e. The Hall–Kier alpha value is -3.40. The molecule has 1 spiro atoms. The first kappa shape index (κ1) is 24.3. The van der Waals surface area contributed by atoms with E-state index in [1.165, 1.54) is 24.8 Å². The molecule has 2 atom stereocenters. The van der Waals surface area contributed by atoms with Crippen LogP contribution in [0.4, 0.5) is 16.3 Å². The highest BCUT2D eigenvalue weighted by Gasteiger charge is 2.54.